The molecule has 4 aromatic rings. The molecular formula is C26H26N2O3S. The van der Waals surface area contributed by atoms with E-state index in [1.165, 1.54) is 0 Å². The largest absolute Gasteiger partial charge is 0.337 e. The van der Waals surface area contributed by atoms with Crippen molar-refractivity contribution in [2.75, 3.05) is 5.32 Å². The number of aromatic nitrogens is 1. The lowest BCUT2D eigenvalue weighted by molar-refractivity contribution is -0.116. The maximum absolute atomic E-state index is 13.3. The SMILES string of the molecule is Cc1ccc(CS(=O)(=O)c2cn(CC(=O)Nc3cc(C)ccc3C)c3ccccc23)cc1. The summed E-state index contributed by atoms with van der Waals surface area (Å²) in [6.07, 6.45) is 1.58. The smallest absolute Gasteiger partial charge is 0.244 e. The van der Waals surface area contributed by atoms with E-state index in [0.29, 0.717) is 10.9 Å². The van der Waals surface area contributed by atoms with Crippen LogP contribution in [0.25, 0.3) is 10.9 Å². The van der Waals surface area contributed by atoms with Gasteiger partial charge in [0.25, 0.3) is 0 Å². The van der Waals surface area contributed by atoms with Crippen LogP contribution in [0.5, 0.6) is 0 Å². The highest BCUT2D eigenvalue weighted by atomic mass is 32.2. The van der Waals surface area contributed by atoms with Gasteiger partial charge in [0.05, 0.1) is 10.6 Å². The van der Waals surface area contributed by atoms with Crippen LogP contribution in [-0.2, 0) is 26.9 Å². The van der Waals surface area contributed by atoms with Crippen LogP contribution < -0.4 is 5.32 Å². The molecule has 0 aliphatic carbocycles. The number of anilines is 1. The summed E-state index contributed by atoms with van der Waals surface area (Å²) in [6.45, 7) is 5.90. The molecule has 0 fully saturated rings. The third-order valence-corrected chi connectivity index (χ3v) is 7.25. The molecule has 1 aromatic heterocycles. The van der Waals surface area contributed by atoms with Crippen molar-refractivity contribution in [1.29, 1.82) is 0 Å². The van der Waals surface area contributed by atoms with E-state index >= 15 is 0 Å². The van der Waals surface area contributed by atoms with Crippen LogP contribution in [0.3, 0.4) is 0 Å². The van der Waals surface area contributed by atoms with Crippen molar-refractivity contribution in [3.63, 3.8) is 0 Å². The van der Waals surface area contributed by atoms with Gasteiger partial charge < -0.3 is 9.88 Å². The molecule has 5 nitrogen and oxygen atoms in total. The number of para-hydroxylation sites is 1. The van der Waals surface area contributed by atoms with E-state index < -0.39 is 9.84 Å². The Morgan fingerprint density at radius 3 is 2.34 bits per heavy atom. The highest BCUT2D eigenvalue weighted by Gasteiger charge is 2.22. The molecule has 1 heterocycles. The number of carbonyl (C=O) groups is 1. The van der Waals surface area contributed by atoms with E-state index in [9.17, 15) is 13.2 Å². The Morgan fingerprint density at radius 1 is 0.906 bits per heavy atom. The molecule has 0 saturated carbocycles. The van der Waals surface area contributed by atoms with Gasteiger partial charge in [-0.1, -0.05) is 60.2 Å². The van der Waals surface area contributed by atoms with Gasteiger partial charge >= 0.3 is 0 Å². The van der Waals surface area contributed by atoms with E-state index in [0.717, 1.165) is 27.9 Å². The van der Waals surface area contributed by atoms with Gasteiger partial charge in [0.2, 0.25) is 5.91 Å². The normalized spacial score (nSPS) is 11.6. The third-order valence-electron chi connectivity index (χ3n) is 5.55. The predicted molar refractivity (Wildman–Crippen MR) is 129 cm³/mol. The molecule has 164 valence electrons. The van der Waals surface area contributed by atoms with Crippen LogP contribution in [-0.4, -0.2) is 18.9 Å². The van der Waals surface area contributed by atoms with Crippen LogP contribution in [0.15, 0.2) is 77.8 Å². The summed E-state index contributed by atoms with van der Waals surface area (Å²) in [6, 6.07) is 20.7. The standard InChI is InChI=1S/C26H26N2O3S/c1-18-9-12-21(13-10-18)17-32(30,31)25-15-28(24-7-5-4-6-22(24)25)16-26(29)27-23-14-19(2)8-11-20(23)3/h4-15H,16-17H2,1-3H3,(H,27,29). The van der Waals surface area contributed by atoms with Crippen LogP contribution in [0.1, 0.15) is 22.3 Å². The number of amides is 1. The second kappa shape index (κ2) is 8.63. The molecule has 0 aliphatic rings. The molecule has 0 radical (unpaired) electrons. The molecule has 0 aliphatic heterocycles. The Morgan fingerprint density at radius 2 is 1.59 bits per heavy atom. The number of fused-ring (bicyclic) bond motifs is 1. The van der Waals surface area contributed by atoms with Gasteiger partial charge in [-0.15, -0.1) is 0 Å². The minimum atomic E-state index is -3.59. The molecule has 1 N–H and O–H groups in total. The van der Waals surface area contributed by atoms with Gasteiger partial charge in [-0.25, -0.2) is 8.42 Å². The minimum absolute atomic E-state index is 0.0218. The number of rotatable bonds is 6. The Labute approximate surface area is 188 Å². The fraction of sp³-hybridized carbons (Fsp3) is 0.192. The average Bonchev–Trinajstić information content (AvgIpc) is 3.12. The maximum Gasteiger partial charge on any atom is 0.244 e. The lowest BCUT2D eigenvalue weighted by Gasteiger charge is -2.10. The molecule has 0 spiro atoms. The molecular weight excluding hydrogens is 420 g/mol. The van der Waals surface area contributed by atoms with Crippen molar-refractivity contribution in [2.24, 2.45) is 0 Å². The van der Waals surface area contributed by atoms with Gasteiger partial charge in [-0.05, 0) is 49.6 Å². The second-order valence-corrected chi connectivity index (χ2v) is 10.2. The van der Waals surface area contributed by atoms with Crippen molar-refractivity contribution in [3.8, 4) is 0 Å². The number of hydrogen-bond donors (Lipinski definition) is 1. The molecule has 6 heteroatoms. The topological polar surface area (TPSA) is 68.2 Å². The van der Waals surface area contributed by atoms with E-state index in [-0.39, 0.29) is 23.1 Å². The lowest BCUT2D eigenvalue weighted by atomic mass is 10.1. The number of carbonyl (C=O) groups excluding carboxylic acids is 1. The first kappa shape index (κ1) is 21.8. The molecule has 0 saturated heterocycles. The van der Waals surface area contributed by atoms with Gasteiger partial charge in [-0.2, -0.15) is 0 Å². The third kappa shape index (κ3) is 4.60. The van der Waals surface area contributed by atoms with Crippen molar-refractivity contribution >= 4 is 32.3 Å². The quantitative estimate of drug-likeness (QED) is 0.444. The molecule has 0 unspecified atom stereocenters. The first-order valence-corrected chi connectivity index (χ1v) is 12.1. The number of nitrogens with zero attached hydrogens (tertiary/aromatic N) is 1. The van der Waals surface area contributed by atoms with Crippen molar-refractivity contribution in [1.82, 2.24) is 4.57 Å². The van der Waals surface area contributed by atoms with Gasteiger partial charge in [0.1, 0.15) is 6.54 Å². The highest BCUT2D eigenvalue weighted by molar-refractivity contribution is 7.90. The number of aryl methyl sites for hydroxylation is 3. The first-order valence-electron chi connectivity index (χ1n) is 10.5. The number of hydrogen-bond acceptors (Lipinski definition) is 3. The van der Waals surface area contributed by atoms with E-state index in [2.05, 4.69) is 5.32 Å². The summed E-state index contributed by atoms with van der Waals surface area (Å²) >= 11 is 0. The van der Waals surface area contributed by atoms with Gasteiger partial charge in [0, 0.05) is 22.8 Å². The predicted octanol–water partition coefficient (Wildman–Crippen LogP) is 5.18. The molecule has 32 heavy (non-hydrogen) atoms. The van der Waals surface area contributed by atoms with E-state index in [4.69, 9.17) is 0 Å². The molecule has 4 rings (SSSR count). The van der Waals surface area contributed by atoms with Crippen molar-refractivity contribution in [3.05, 3.63) is 95.2 Å². The summed E-state index contributed by atoms with van der Waals surface area (Å²) in [4.78, 5) is 13.0. The summed E-state index contributed by atoms with van der Waals surface area (Å²) in [5.41, 5.74) is 5.33. The highest BCUT2D eigenvalue weighted by Crippen LogP contribution is 2.28. The van der Waals surface area contributed by atoms with Gasteiger partial charge in [0.15, 0.2) is 9.84 Å². The Bertz CT molecular complexity index is 1400. The summed E-state index contributed by atoms with van der Waals surface area (Å²) in [5.74, 6) is -0.294. The van der Waals surface area contributed by atoms with Gasteiger partial charge in [-0.3, -0.25) is 4.79 Å². The number of benzene rings is 3. The zero-order valence-electron chi connectivity index (χ0n) is 18.4. The Kier molecular flexibility index (Phi) is 5.89. The summed E-state index contributed by atoms with van der Waals surface area (Å²) in [7, 11) is -3.59. The number of nitrogens with one attached hydrogen (secondary N) is 1. The van der Waals surface area contributed by atoms with Crippen LogP contribution in [0, 0.1) is 20.8 Å². The summed E-state index contributed by atoms with van der Waals surface area (Å²) in [5, 5.41) is 3.57. The maximum atomic E-state index is 13.3. The first-order chi connectivity index (χ1) is 15.2. The summed E-state index contributed by atoms with van der Waals surface area (Å²) < 4.78 is 28.2. The zero-order chi connectivity index (χ0) is 22.9. The van der Waals surface area contributed by atoms with E-state index in [1.54, 1.807) is 16.8 Å². The monoisotopic (exact) mass is 446 g/mol. The van der Waals surface area contributed by atoms with Crippen LogP contribution in [0.4, 0.5) is 5.69 Å². The van der Waals surface area contributed by atoms with Crippen molar-refractivity contribution in [2.45, 2.75) is 38.0 Å². The molecule has 3 aromatic carbocycles. The fourth-order valence-corrected chi connectivity index (χ4v) is 5.37. The van der Waals surface area contributed by atoms with Crippen LogP contribution >= 0.6 is 0 Å². The molecule has 0 atom stereocenters. The zero-order valence-corrected chi connectivity index (χ0v) is 19.2. The minimum Gasteiger partial charge on any atom is -0.337 e. The second-order valence-electron chi connectivity index (χ2n) is 8.25. The van der Waals surface area contributed by atoms with E-state index in [1.807, 2.05) is 81.4 Å². The Balaban J connectivity index is 1.64. The Hall–Kier alpha value is -3.38. The number of sulfone groups is 1. The molecule has 0 bridgehead atoms. The van der Waals surface area contributed by atoms with Crippen LogP contribution in [0.2, 0.25) is 0 Å². The molecule has 1 amide bonds. The fourth-order valence-electron chi connectivity index (χ4n) is 3.79. The lowest BCUT2D eigenvalue weighted by Crippen LogP contribution is -2.19. The average molecular weight is 447 g/mol. The van der Waals surface area contributed by atoms with Crippen molar-refractivity contribution < 1.29 is 13.2 Å².